The first kappa shape index (κ1) is 15.4. The standard InChI is InChI=1S/C14H29N3O/c1-10(2)8-12(9-17(4)5)16-13(18)14(3,15)11-6-7-11/h10-12H,6-9,15H2,1-5H3,(H,16,18). The highest BCUT2D eigenvalue weighted by Crippen LogP contribution is 2.38. The number of carbonyl (C=O) groups excluding carboxylic acids is 1. The molecule has 106 valence electrons. The van der Waals surface area contributed by atoms with Gasteiger partial charge in [-0.3, -0.25) is 4.79 Å². The van der Waals surface area contributed by atoms with E-state index < -0.39 is 5.54 Å². The fraction of sp³-hybridized carbons (Fsp3) is 0.929. The molecule has 0 aromatic rings. The summed E-state index contributed by atoms with van der Waals surface area (Å²) in [5, 5.41) is 3.14. The van der Waals surface area contributed by atoms with Gasteiger partial charge in [-0.25, -0.2) is 0 Å². The Hall–Kier alpha value is -0.610. The maximum atomic E-state index is 12.3. The van der Waals surface area contributed by atoms with Crippen molar-refractivity contribution >= 4 is 5.91 Å². The van der Waals surface area contributed by atoms with Gasteiger partial charge in [-0.05, 0) is 52.1 Å². The lowest BCUT2D eigenvalue weighted by atomic mass is 9.94. The number of amides is 1. The Kier molecular flexibility index (Phi) is 5.17. The van der Waals surface area contributed by atoms with Crippen molar-refractivity contribution in [1.29, 1.82) is 0 Å². The third-order valence-electron chi connectivity index (χ3n) is 3.59. The molecule has 2 atom stereocenters. The zero-order valence-corrected chi connectivity index (χ0v) is 12.5. The van der Waals surface area contributed by atoms with E-state index in [-0.39, 0.29) is 11.9 Å². The van der Waals surface area contributed by atoms with E-state index in [0.717, 1.165) is 25.8 Å². The van der Waals surface area contributed by atoms with Gasteiger partial charge < -0.3 is 16.0 Å². The van der Waals surface area contributed by atoms with E-state index in [4.69, 9.17) is 5.73 Å². The monoisotopic (exact) mass is 255 g/mol. The molecule has 1 amide bonds. The summed E-state index contributed by atoms with van der Waals surface area (Å²) < 4.78 is 0. The molecule has 0 aromatic heterocycles. The summed E-state index contributed by atoms with van der Waals surface area (Å²) in [5.41, 5.74) is 5.46. The van der Waals surface area contributed by atoms with E-state index in [1.54, 1.807) is 0 Å². The average molecular weight is 255 g/mol. The van der Waals surface area contributed by atoms with Gasteiger partial charge in [0.05, 0.1) is 5.54 Å². The summed E-state index contributed by atoms with van der Waals surface area (Å²) >= 11 is 0. The van der Waals surface area contributed by atoms with Gasteiger partial charge >= 0.3 is 0 Å². The zero-order chi connectivity index (χ0) is 13.9. The molecule has 0 saturated heterocycles. The number of nitrogens with zero attached hydrogens (tertiary/aromatic N) is 1. The SMILES string of the molecule is CC(C)CC(CN(C)C)NC(=O)C(C)(N)C1CC1. The number of carbonyl (C=O) groups is 1. The Morgan fingerprint density at radius 1 is 1.44 bits per heavy atom. The Morgan fingerprint density at radius 2 is 2.00 bits per heavy atom. The highest BCUT2D eigenvalue weighted by atomic mass is 16.2. The molecule has 0 radical (unpaired) electrons. The van der Waals surface area contributed by atoms with Crippen LogP contribution in [0.4, 0.5) is 0 Å². The number of hydrogen-bond acceptors (Lipinski definition) is 3. The van der Waals surface area contributed by atoms with E-state index in [9.17, 15) is 4.79 Å². The van der Waals surface area contributed by atoms with Gasteiger partial charge in [0.1, 0.15) is 0 Å². The molecule has 3 N–H and O–H groups in total. The topological polar surface area (TPSA) is 58.4 Å². The fourth-order valence-electron chi connectivity index (χ4n) is 2.40. The fourth-order valence-corrected chi connectivity index (χ4v) is 2.40. The maximum absolute atomic E-state index is 12.3. The predicted molar refractivity (Wildman–Crippen MR) is 75.3 cm³/mol. The number of nitrogens with two attached hydrogens (primary N) is 1. The summed E-state index contributed by atoms with van der Waals surface area (Å²) in [6.45, 7) is 7.08. The van der Waals surface area contributed by atoms with Crippen molar-refractivity contribution in [3.8, 4) is 0 Å². The van der Waals surface area contributed by atoms with Crippen LogP contribution in [0.5, 0.6) is 0 Å². The number of hydrogen-bond donors (Lipinski definition) is 2. The first-order valence-electron chi connectivity index (χ1n) is 6.98. The van der Waals surface area contributed by atoms with Crippen molar-refractivity contribution in [1.82, 2.24) is 10.2 Å². The third-order valence-corrected chi connectivity index (χ3v) is 3.59. The van der Waals surface area contributed by atoms with Gasteiger partial charge in [-0.15, -0.1) is 0 Å². The molecule has 0 spiro atoms. The van der Waals surface area contributed by atoms with Crippen LogP contribution in [-0.2, 0) is 4.79 Å². The Balaban J connectivity index is 2.55. The number of nitrogens with one attached hydrogen (secondary N) is 1. The maximum Gasteiger partial charge on any atom is 0.240 e. The van der Waals surface area contributed by atoms with Crippen molar-refractivity contribution in [2.45, 2.75) is 51.6 Å². The van der Waals surface area contributed by atoms with E-state index >= 15 is 0 Å². The van der Waals surface area contributed by atoms with Gasteiger partial charge in [-0.2, -0.15) is 0 Å². The molecular formula is C14H29N3O. The molecule has 1 saturated carbocycles. The van der Waals surface area contributed by atoms with Crippen molar-refractivity contribution in [2.75, 3.05) is 20.6 Å². The van der Waals surface area contributed by atoms with Crippen molar-refractivity contribution < 1.29 is 4.79 Å². The Morgan fingerprint density at radius 3 is 2.39 bits per heavy atom. The van der Waals surface area contributed by atoms with Crippen LogP contribution < -0.4 is 11.1 Å². The summed E-state index contributed by atoms with van der Waals surface area (Å²) in [6.07, 6.45) is 3.16. The minimum absolute atomic E-state index is 0.0116. The van der Waals surface area contributed by atoms with E-state index in [0.29, 0.717) is 11.8 Å². The second-order valence-electron chi connectivity index (χ2n) is 6.62. The largest absolute Gasteiger partial charge is 0.350 e. The zero-order valence-electron chi connectivity index (χ0n) is 12.5. The van der Waals surface area contributed by atoms with Crippen LogP contribution in [0.15, 0.2) is 0 Å². The van der Waals surface area contributed by atoms with Gasteiger partial charge in [0.25, 0.3) is 0 Å². The molecule has 1 aliphatic rings. The minimum atomic E-state index is -0.693. The van der Waals surface area contributed by atoms with Crippen LogP contribution in [0.2, 0.25) is 0 Å². The highest BCUT2D eigenvalue weighted by Gasteiger charge is 2.44. The van der Waals surface area contributed by atoms with Crippen LogP contribution in [0.25, 0.3) is 0 Å². The molecule has 4 nitrogen and oxygen atoms in total. The van der Waals surface area contributed by atoms with Crippen LogP contribution >= 0.6 is 0 Å². The number of rotatable bonds is 7. The minimum Gasteiger partial charge on any atom is -0.350 e. The lowest BCUT2D eigenvalue weighted by Crippen LogP contribution is -2.57. The smallest absolute Gasteiger partial charge is 0.240 e. The normalized spacial score (nSPS) is 20.9. The van der Waals surface area contributed by atoms with Crippen molar-refractivity contribution in [2.24, 2.45) is 17.6 Å². The van der Waals surface area contributed by atoms with E-state index in [1.807, 2.05) is 21.0 Å². The van der Waals surface area contributed by atoms with E-state index in [1.165, 1.54) is 0 Å². The van der Waals surface area contributed by atoms with Crippen LogP contribution in [-0.4, -0.2) is 43.0 Å². The van der Waals surface area contributed by atoms with Gasteiger partial charge in [0.2, 0.25) is 5.91 Å². The molecule has 1 fully saturated rings. The summed E-state index contributed by atoms with van der Waals surface area (Å²) in [7, 11) is 4.06. The molecule has 0 bridgehead atoms. The van der Waals surface area contributed by atoms with Crippen molar-refractivity contribution in [3.05, 3.63) is 0 Å². The van der Waals surface area contributed by atoms with Crippen LogP contribution in [0.3, 0.4) is 0 Å². The lowest BCUT2D eigenvalue weighted by molar-refractivity contribution is -0.127. The summed E-state index contributed by atoms with van der Waals surface area (Å²) in [4.78, 5) is 14.4. The van der Waals surface area contributed by atoms with Gasteiger partial charge in [-0.1, -0.05) is 13.8 Å². The Bertz CT molecular complexity index is 273. The molecule has 2 unspecified atom stereocenters. The molecule has 0 aromatic carbocycles. The first-order chi connectivity index (χ1) is 8.23. The molecule has 1 aliphatic carbocycles. The molecular weight excluding hydrogens is 226 g/mol. The predicted octanol–water partition coefficient (Wildman–Crippen LogP) is 1.21. The molecule has 0 heterocycles. The first-order valence-corrected chi connectivity index (χ1v) is 6.98. The third kappa shape index (κ3) is 4.58. The van der Waals surface area contributed by atoms with Crippen molar-refractivity contribution in [3.63, 3.8) is 0 Å². The summed E-state index contributed by atoms with van der Waals surface area (Å²) in [6, 6.07) is 0.189. The molecule has 4 heteroatoms. The van der Waals surface area contributed by atoms with Crippen LogP contribution in [0.1, 0.15) is 40.0 Å². The quantitative estimate of drug-likeness (QED) is 0.719. The Labute approximate surface area is 111 Å². The molecule has 1 rings (SSSR count). The average Bonchev–Trinajstić information content (AvgIpc) is 2.97. The second kappa shape index (κ2) is 6.02. The van der Waals surface area contributed by atoms with Gasteiger partial charge in [0.15, 0.2) is 0 Å². The second-order valence-corrected chi connectivity index (χ2v) is 6.62. The highest BCUT2D eigenvalue weighted by molar-refractivity contribution is 5.86. The van der Waals surface area contributed by atoms with E-state index in [2.05, 4.69) is 24.1 Å². The molecule has 0 aliphatic heterocycles. The number of likely N-dealkylation sites (N-methyl/N-ethyl adjacent to an activating group) is 1. The molecule has 18 heavy (non-hydrogen) atoms. The lowest BCUT2D eigenvalue weighted by Gasteiger charge is -2.29. The van der Waals surface area contributed by atoms with Gasteiger partial charge in [0, 0.05) is 12.6 Å². The van der Waals surface area contributed by atoms with Crippen LogP contribution in [0, 0.1) is 11.8 Å². The summed E-state index contributed by atoms with van der Waals surface area (Å²) in [5.74, 6) is 0.953.